The van der Waals surface area contributed by atoms with Gasteiger partial charge in [-0.05, 0) is 32.4 Å². The van der Waals surface area contributed by atoms with E-state index in [0.29, 0.717) is 12.6 Å². The van der Waals surface area contributed by atoms with Crippen LogP contribution in [-0.2, 0) is 4.79 Å². The van der Waals surface area contributed by atoms with Crippen molar-refractivity contribution in [2.45, 2.75) is 32.7 Å². The summed E-state index contributed by atoms with van der Waals surface area (Å²) in [5, 5.41) is 5.07. The summed E-state index contributed by atoms with van der Waals surface area (Å²) >= 11 is 0. The van der Waals surface area contributed by atoms with Crippen LogP contribution < -0.4 is 10.6 Å². The van der Waals surface area contributed by atoms with Crippen molar-refractivity contribution >= 4 is 11.8 Å². The zero-order valence-corrected chi connectivity index (χ0v) is 11.7. The van der Waals surface area contributed by atoms with Gasteiger partial charge in [0.1, 0.15) is 17.2 Å². The molecular formula is C14H18F2N2O2. The molecule has 0 unspecified atom stereocenters. The Morgan fingerprint density at radius 3 is 2.45 bits per heavy atom. The highest BCUT2D eigenvalue weighted by Gasteiger charge is 2.30. The van der Waals surface area contributed by atoms with E-state index in [0.717, 1.165) is 18.6 Å². The lowest BCUT2D eigenvalue weighted by Crippen LogP contribution is -2.54. The maximum atomic E-state index is 13.5. The van der Waals surface area contributed by atoms with Crippen LogP contribution in [0.15, 0.2) is 18.2 Å². The van der Waals surface area contributed by atoms with Crippen molar-refractivity contribution in [3.8, 4) is 0 Å². The average Bonchev–Trinajstić information content (AvgIpc) is 2.34. The molecule has 2 N–H and O–H groups in total. The zero-order chi connectivity index (χ0) is 15.3. The Kier molecular flexibility index (Phi) is 5.19. The molecule has 4 nitrogen and oxygen atoms in total. The molecule has 0 atom stereocenters. The SMILES string of the molecule is CCCNC(=O)C(C)(C)NC(=O)c1ccc(F)cc1F. The van der Waals surface area contributed by atoms with E-state index in [2.05, 4.69) is 10.6 Å². The normalized spacial score (nSPS) is 11.1. The first-order chi connectivity index (χ1) is 9.27. The first kappa shape index (κ1) is 16.1. The smallest absolute Gasteiger partial charge is 0.255 e. The Bertz CT molecular complexity index is 516. The van der Waals surface area contributed by atoms with Crippen LogP contribution in [0.3, 0.4) is 0 Å². The lowest BCUT2D eigenvalue weighted by atomic mass is 10.0. The number of halogens is 2. The maximum Gasteiger partial charge on any atom is 0.255 e. The number of amides is 2. The van der Waals surface area contributed by atoms with Gasteiger partial charge >= 0.3 is 0 Å². The van der Waals surface area contributed by atoms with Gasteiger partial charge in [-0.1, -0.05) is 6.92 Å². The number of hydrogen-bond donors (Lipinski definition) is 2. The topological polar surface area (TPSA) is 58.2 Å². The molecule has 0 aliphatic rings. The minimum Gasteiger partial charge on any atom is -0.354 e. The molecular weight excluding hydrogens is 266 g/mol. The van der Waals surface area contributed by atoms with Gasteiger partial charge in [0.15, 0.2) is 0 Å². The predicted molar refractivity (Wildman–Crippen MR) is 71.2 cm³/mol. The van der Waals surface area contributed by atoms with Gasteiger partial charge in [0.25, 0.3) is 5.91 Å². The number of nitrogens with one attached hydrogen (secondary N) is 2. The van der Waals surface area contributed by atoms with Crippen molar-refractivity contribution < 1.29 is 18.4 Å². The molecule has 0 spiro atoms. The molecule has 1 rings (SSSR count). The fourth-order valence-corrected chi connectivity index (χ4v) is 1.54. The Labute approximate surface area is 116 Å². The lowest BCUT2D eigenvalue weighted by molar-refractivity contribution is -0.126. The van der Waals surface area contributed by atoms with Gasteiger partial charge in [-0.15, -0.1) is 0 Å². The standard InChI is InChI=1S/C14H18F2N2O2/c1-4-7-17-13(20)14(2,3)18-12(19)10-6-5-9(15)8-11(10)16/h5-6,8H,4,7H2,1-3H3,(H,17,20)(H,18,19). The van der Waals surface area contributed by atoms with E-state index >= 15 is 0 Å². The summed E-state index contributed by atoms with van der Waals surface area (Å²) in [5.41, 5.74) is -1.49. The second-order valence-electron chi connectivity index (χ2n) is 4.96. The largest absolute Gasteiger partial charge is 0.354 e. The van der Waals surface area contributed by atoms with Crippen LogP contribution >= 0.6 is 0 Å². The second-order valence-corrected chi connectivity index (χ2v) is 4.96. The summed E-state index contributed by atoms with van der Waals surface area (Å²) in [6.07, 6.45) is 0.766. The van der Waals surface area contributed by atoms with Crippen LogP contribution in [0.2, 0.25) is 0 Å². The molecule has 1 aromatic carbocycles. The number of rotatable bonds is 5. The third-order valence-corrected chi connectivity index (χ3v) is 2.71. The Morgan fingerprint density at radius 1 is 1.25 bits per heavy atom. The monoisotopic (exact) mass is 284 g/mol. The highest BCUT2D eigenvalue weighted by molar-refractivity contribution is 5.99. The van der Waals surface area contributed by atoms with Gasteiger partial charge in [-0.2, -0.15) is 0 Å². The highest BCUT2D eigenvalue weighted by Crippen LogP contribution is 2.11. The molecule has 1 aromatic rings. The lowest BCUT2D eigenvalue weighted by Gasteiger charge is -2.25. The van der Waals surface area contributed by atoms with Crippen molar-refractivity contribution in [2.24, 2.45) is 0 Å². The number of hydrogen-bond acceptors (Lipinski definition) is 2. The van der Waals surface area contributed by atoms with Crippen LogP contribution in [-0.4, -0.2) is 23.9 Å². The first-order valence-corrected chi connectivity index (χ1v) is 6.33. The molecule has 110 valence electrons. The molecule has 2 amide bonds. The fourth-order valence-electron chi connectivity index (χ4n) is 1.54. The van der Waals surface area contributed by atoms with E-state index in [-0.39, 0.29) is 11.5 Å². The Morgan fingerprint density at radius 2 is 1.90 bits per heavy atom. The summed E-state index contributed by atoms with van der Waals surface area (Å²) < 4.78 is 26.3. The molecule has 0 aliphatic carbocycles. The van der Waals surface area contributed by atoms with Crippen LogP contribution in [0.4, 0.5) is 8.78 Å². The van der Waals surface area contributed by atoms with Crippen molar-refractivity contribution in [1.82, 2.24) is 10.6 Å². The van der Waals surface area contributed by atoms with Gasteiger partial charge in [0.05, 0.1) is 5.56 Å². The predicted octanol–water partition coefficient (Wildman–Crippen LogP) is 2.00. The minimum atomic E-state index is -1.19. The molecule has 6 heteroatoms. The van der Waals surface area contributed by atoms with E-state index in [4.69, 9.17) is 0 Å². The van der Waals surface area contributed by atoms with Gasteiger partial charge in [-0.3, -0.25) is 9.59 Å². The van der Waals surface area contributed by atoms with Gasteiger partial charge in [0, 0.05) is 12.6 Å². The molecule has 0 aliphatic heterocycles. The molecule has 0 saturated carbocycles. The number of carbonyl (C=O) groups is 2. The van der Waals surface area contributed by atoms with Crippen molar-refractivity contribution in [2.75, 3.05) is 6.54 Å². The third kappa shape index (κ3) is 4.01. The maximum absolute atomic E-state index is 13.5. The molecule has 0 heterocycles. The molecule has 0 aromatic heterocycles. The van der Waals surface area contributed by atoms with Crippen LogP contribution in [0.5, 0.6) is 0 Å². The molecule has 0 radical (unpaired) electrons. The molecule has 0 fully saturated rings. The van der Waals surface area contributed by atoms with Crippen molar-refractivity contribution in [3.63, 3.8) is 0 Å². The Hall–Kier alpha value is -1.98. The summed E-state index contributed by atoms with van der Waals surface area (Å²) in [4.78, 5) is 23.8. The van der Waals surface area contributed by atoms with Crippen molar-refractivity contribution in [1.29, 1.82) is 0 Å². The van der Waals surface area contributed by atoms with Crippen LogP contribution in [0, 0.1) is 11.6 Å². The molecule has 20 heavy (non-hydrogen) atoms. The van der Waals surface area contributed by atoms with E-state index in [1.54, 1.807) is 0 Å². The van der Waals surface area contributed by atoms with Gasteiger partial charge in [-0.25, -0.2) is 8.78 Å². The second kappa shape index (κ2) is 6.45. The highest BCUT2D eigenvalue weighted by atomic mass is 19.1. The molecule has 0 saturated heterocycles. The minimum absolute atomic E-state index is 0.303. The summed E-state index contributed by atoms with van der Waals surface area (Å²) in [5.74, 6) is -2.86. The quantitative estimate of drug-likeness (QED) is 0.869. The van der Waals surface area contributed by atoms with E-state index < -0.39 is 23.1 Å². The van der Waals surface area contributed by atoms with Gasteiger partial charge in [0.2, 0.25) is 5.91 Å². The summed E-state index contributed by atoms with van der Waals surface area (Å²) in [6, 6.07) is 2.65. The van der Waals surface area contributed by atoms with E-state index in [1.165, 1.54) is 13.8 Å². The Balaban J connectivity index is 2.81. The first-order valence-electron chi connectivity index (χ1n) is 6.33. The van der Waals surface area contributed by atoms with Crippen molar-refractivity contribution in [3.05, 3.63) is 35.4 Å². The average molecular weight is 284 g/mol. The summed E-state index contributed by atoms with van der Waals surface area (Å²) in [7, 11) is 0. The zero-order valence-electron chi connectivity index (χ0n) is 11.7. The number of benzene rings is 1. The summed E-state index contributed by atoms with van der Waals surface area (Å²) in [6.45, 7) is 5.41. The van der Waals surface area contributed by atoms with E-state index in [9.17, 15) is 18.4 Å². The third-order valence-electron chi connectivity index (χ3n) is 2.71. The van der Waals surface area contributed by atoms with Crippen LogP contribution in [0.25, 0.3) is 0 Å². The number of carbonyl (C=O) groups excluding carboxylic acids is 2. The van der Waals surface area contributed by atoms with E-state index in [1.807, 2.05) is 6.92 Å². The fraction of sp³-hybridized carbons (Fsp3) is 0.429. The van der Waals surface area contributed by atoms with Crippen LogP contribution in [0.1, 0.15) is 37.6 Å². The van der Waals surface area contributed by atoms with Gasteiger partial charge < -0.3 is 10.6 Å². The molecule has 0 bridgehead atoms.